The molecule has 0 fully saturated rings. The van der Waals surface area contributed by atoms with E-state index in [1.165, 1.54) is 38.0 Å². The van der Waals surface area contributed by atoms with Gasteiger partial charge in [0.25, 0.3) is 0 Å². The summed E-state index contributed by atoms with van der Waals surface area (Å²) in [6, 6.07) is 40.5. The van der Waals surface area contributed by atoms with Gasteiger partial charge in [0.2, 0.25) is 0 Å². The highest BCUT2D eigenvalue weighted by Gasteiger charge is 2.17. The van der Waals surface area contributed by atoms with Crippen LogP contribution in [0.1, 0.15) is 0 Å². The van der Waals surface area contributed by atoms with E-state index in [1.807, 2.05) is 42.7 Å². The molecule has 4 nitrogen and oxygen atoms in total. The first kappa shape index (κ1) is 20.9. The lowest BCUT2D eigenvalue weighted by molar-refractivity contribution is 1.08. The molecule has 0 aliphatic carbocycles. The smallest absolute Gasteiger partial charge is 0.159 e. The Balaban J connectivity index is 1.40. The van der Waals surface area contributed by atoms with Crippen LogP contribution in [0.25, 0.3) is 66.2 Å². The largest absolute Gasteiger partial charge is 0.317 e. The van der Waals surface area contributed by atoms with Gasteiger partial charge in [0.1, 0.15) is 0 Å². The van der Waals surface area contributed by atoms with Crippen LogP contribution >= 0.6 is 0 Å². The second kappa shape index (κ2) is 8.15. The van der Waals surface area contributed by atoms with Crippen molar-refractivity contribution >= 4 is 43.5 Å². The molecule has 178 valence electrons. The Morgan fingerprint density at radius 2 is 1.24 bits per heavy atom. The molecule has 0 radical (unpaired) electrons. The molecule has 0 aliphatic heterocycles. The number of para-hydroxylation sites is 2. The number of fused-ring (bicyclic) bond motifs is 6. The summed E-state index contributed by atoms with van der Waals surface area (Å²) >= 11 is 0. The van der Waals surface area contributed by atoms with Gasteiger partial charge in [-0.2, -0.15) is 0 Å². The van der Waals surface area contributed by atoms with Gasteiger partial charge in [-0.1, -0.05) is 78.9 Å². The van der Waals surface area contributed by atoms with Crippen LogP contribution in [0, 0.1) is 0 Å². The van der Waals surface area contributed by atoms with Crippen molar-refractivity contribution in [1.29, 1.82) is 0 Å². The standard InChI is InChI=1S/C34H22N4/c1-3-9-23(10-4-1)34-35-21-27(22-36-34)38-31-14-8-7-13-28(31)29-16-15-24-20-32-25(19-30(24)33(29)38)17-18-37(32)26-11-5-2-6-12-26/h1-22H. The number of rotatable bonds is 3. The minimum absolute atomic E-state index is 0.726. The maximum atomic E-state index is 4.75. The van der Waals surface area contributed by atoms with E-state index in [1.54, 1.807) is 0 Å². The fraction of sp³-hybridized carbons (Fsp3) is 0. The van der Waals surface area contributed by atoms with Gasteiger partial charge >= 0.3 is 0 Å². The number of hydrogen-bond donors (Lipinski definition) is 0. The first-order chi connectivity index (χ1) is 18.8. The fourth-order valence-electron chi connectivity index (χ4n) is 5.67. The van der Waals surface area contributed by atoms with Crippen molar-refractivity contribution in [3.63, 3.8) is 0 Å². The van der Waals surface area contributed by atoms with Gasteiger partial charge in [-0.25, -0.2) is 9.97 Å². The zero-order valence-electron chi connectivity index (χ0n) is 20.5. The lowest BCUT2D eigenvalue weighted by Gasteiger charge is -2.11. The van der Waals surface area contributed by atoms with Gasteiger partial charge in [-0.3, -0.25) is 0 Å². The van der Waals surface area contributed by atoms with Crippen LogP contribution in [0.2, 0.25) is 0 Å². The van der Waals surface area contributed by atoms with E-state index >= 15 is 0 Å². The molecule has 8 aromatic rings. The molecule has 0 amide bonds. The first-order valence-electron chi connectivity index (χ1n) is 12.8. The Hall–Kier alpha value is -5.22. The summed E-state index contributed by atoms with van der Waals surface area (Å²) in [6.45, 7) is 0. The van der Waals surface area contributed by atoms with Crippen molar-refractivity contribution in [2.75, 3.05) is 0 Å². The molecule has 0 saturated carbocycles. The monoisotopic (exact) mass is 486 g/mol. The van der Waals surface area contributed by atoms with Crippen LogP contribution in [-0.4, -0.2) is 19.1 Å². The van der Waals surface area contributed by atoms with Crippen molar-refractivity contribution in [1.82, 2.24) is 19.1 Å². The van der Waals surface area contributed by atoms with Crippen molar-refractivity contribution in [3.05, 3.63) is 134 Å². The molecule has 0 bridgehead atoms. The summed E-state index contributed by atoms with van der Waals surface area (Å²) < 4.78 is 4.56. The van der Waals surface area contributed by atoms with Gasteiger partial charge in [0, 0.05) is 39.0 Å². The molecule has 0 atom stereocenters. The highest BCUT2D eigenvalue weighted by molar-refractivity contribution is 6.20. The third-order valence-electron chi connectivity index (χ3n) is 7.42. The van der Waals surface area contributed by atoms with Crippen molar-refractivity contribution in [3.8, 4) is 22.8 Å². The summed E-state index contributed by atoms with van der Waals surface area (Å²) in [5, 5.41) is 6.07. The quantitative estimate of drug-likeness (QED) is 0.252. The lowest BCUT2D eigenvalue weighted by atomic mass is 10.0. The molecule has 0 aliphatic rings. The van der Waals surface area contributed by atoms with E-state index in [2.05, 4.69) is 100 Å². The molecular formula is C34H22N4. The Bertz CT molecular complexity index is 2100. The minimum atomic E-state index is 0.726. The number of aromatic nitrogens is 4. The molecule has 3 heterocycles. The van der Waals surface area contributed by atoms with Crippen molar-refractivity contribution < 1.29 is 0 Å². The summed E-state index contributed by atoms with van der Waals surface area (Å²) in [4.78, 5) is 9.50. The third-order valence-corrected chi connectivity index (χ3v) is 7.42. The first-order valence-corrected chi connectivity index (χ1v) is 12.8. The van der Waals surface area contributed by atoms with E-state index in [9.17, 15) is 0 Å². The summed E-state index contributed by atoms with van der Waals surface area (Å²) in [5.74, 6) is 0.726. The van der Waals surface area contributed by atoms with Crippen molar-refractivity contribution in [2.24, 2.45) is 0 Å². The zero-order chi connectivity index (χ0) is 25.1. The molecule has 4 heteroatoms. The Morgan fingerprint density at radius 1 is 0.500 bits per heavy atom. The molecular weight excluding hydrogens is 464 g/mol. The fourth-order valence-corrected chi connectivity index (χ4v) is 5.67. The van der Waals surface area contributed by atoms with E-state index in [-0.39, 0.29) is 0 Å². The third kappa shape index (κ3) is 3.10. The summed E-state index contributed by atoms with van der Waals surface area (Å²) in [7, 11) is 0. The maximum Gasteiger partial charge on any atom is 0.159 e. The number of hydrogen-bond acceptors (Lipinski definition) is 2. The molecule has 3 aromatic heterocycles. The van der Waals surface area contributed by atoms with Gasteiger partial charge in [0.05, 0.1) is 34.6 Å². The Kier molecular flexibility index (Phi) is 4.49. The van der Waals surface area contributed by atoms with Crippen molar-refractivity contribution in [2.45, 2.75) is 0 Å². The molecule has 0 saturated heterocycles. The van der Waals surface area contributed by atoms with Gasteiger partial charge in [-0.05, 0) is 41.8 Å². The minimum Gasteiger partial charge on any atom is -0.317 e. The highest BCUT2D eigenvalue weighted by Crippen LogP contribution is 2.38. The van der Waals surface area contributed by atoms with Crippen LogP contribution in [0.5, 0.6) is 0 Å². The maximum absolute atomic E-state index is 4.75. The Morgan fingerprint density at radius 3 is 2.05 bits per heavy atom. The van der Waals surface area contributed by atoms with Gasteiger partial charge < -0.3 is 9.13 Å². The van der Waals surface area contributed by atoms with Crippen LogP contribution in [0.4, 0.5) is 0 Å². The molecule has 8 rings (SSSR count). The van der Waals surface area contributed by atoms with E-state index in [4.69, 9.17) is 9.97 Å². The van der Waals surface area contributed by atoms with E-state index in [0.717, 1.165) is 28.3 Å². The average molecular weight is 487 g/mol. The summed E-state index contributed by atoms with van der Waals surface area (Å²) in [5.41, 5.74) is 6.64. The number of benzene rings is 5. The molecule has 0 spiro atoms. The predicted octanol–water partition coefficient (Wildman–Crippen LogP) is 8.34. The SMILES string of the molecule is c1ccc(-c2ncc(-n3c4ccccc4c4ccc5cc6c(ccn6-c6ccccc6)cc5c43)cn2)cc1. The topological polar surface area (TPSA) is 35.6 Å². The van der Waals surface area contributed by atoms with E-state index < -0.39 is 0 Å². The van der Waals surface area contributed by atoms with Crippen LogP contribution in [0.15, 0.2) is 134 Å². The molecule has 38 heavy (non-hydrogen) atoms. The van der Waals surface area contributed by atoms with Crippen LogP contribution in [-0.2, 0) is 0 Å². The van der Waals surface area contributed by atoms with Crippen LogP contribution < -0.4 is 0 Å². The molecule has 5 aromatic carbocycles. The molecule has 0 N–H and O–H groups in total. The zero-order valence-corrected chi connectivity index (χ0v) is 20.5. The second-order valence-electron chi connectivity index (χ2n) is 9.60. The second-order valence-corrected chi connectivity index (χ2v) is 9.60. The predicted molar refractivity (Wildman–Crippen MR) is 156 cm³/mol. The number of nitrogens with zero attached hydrogens (tertiary/aromatic N) is 4. The average Bonchev–Trinajstić information content (AvgIpc) is 3.56. The lowest BCUT2D eigenvalue weighted by Crippen LogP contribution is -1.98. The Labute approximate surface area is 219 Å². The van der Waals surface area contributed by atoms with Crippen LogP contribution in [0.3, 0.4) is 0 Å². The molecule has 0 unspecified atom stereocenters. The highest BCUT2D eigenvalue weighted by atomic mass is 15.0. The summed E-state index contributed by atoms with van der Waals surface area (Å²) in [6.07, 6.45) is 6.02. The van der Waals surface area contributed by atoms with Gasteiger partial charge in [-0.15, -0.1) is 0 Å². The van der Waals surface area contributed by atoms with E-state index in [0.29, 0.717) is 0 Å². The normalized spacial score (nSPS) is 11.7. The van der Waals surface area contributed by atoms with Gasteiger partial charge in [0.15, 0.2) is 5.82 Å².